The maximum absolute atomic E-state index is 11.5. The Morgan fingerprint density at radius 2 is 2.29 bits per heavy atom. The second kappa shape index (κ2) is 10.2. The number of para-hydroxylation sites is 1. The van der Waals surface area contributed by atoms with E-state index in [1.54, 1.807) is 25.7 Å². The fraction of sp³-hybridized carbons (Fsp3) is 0.263. The summed E-state index contributed by atoms with van der Waals surface area (Å²) >= 11 is 1.38. The van der Waals surface area contributed by atoms with Crippen LogP contribution in [0.5, 0.6) is 5.75 Å². The summed E-state index contributed by atoms with van der Waals surface area (Å²) < 4.78 is 12.7. The molecule has 0 spiro atoms. The SMILES string of the molecule is CCOC(=O)Cc1csc(NN=Cc2ccccc2OCCn2ccnc2)n1. The Hall–Kier alpha value is -3.20. The number of ether oxygens (including phenoxy) is 2. The summed E-state index contributed by atoms with van der Waals surface area (Å²) in [6, 6.07) is 7.66. The van der Waals surface area contributed by atoms with E-state index in [2.05, 4.69) is 20.5 Å². The molecule has 0 aliphatic carbocycles. The second-order valence-corrected chi connectivity index (χ2v) is 6.54. The Balaban J connectivity index is 1.53. The minimum atomic E-state index is -0.287. The predicted octanol–water partition coefficient (Wildman–Crippen LogP) is 2.97. The van der Waals surface area contributed by atoms with Gasteiger partial charge in [-0.1, -0.05) is 12.1 Å². The highest BCUT2D eigenvalue weighted by Crippen LogP contribution is 2.18. The third kappa shape index (κ3) is 5.92. The summed E-state index contributed by atoms with van der Waals surface area (Å²) in [4.78, 5) is 19.8. The number of aromatic nitrogens is 3. The van der Waals surface area contributed by atoms with Crippen LogP contribution in [0.4, 0.5) is 5.13 Å². The summed E-state index contributed by atoms with van der Waals surface area (Å²) in [5.74, 6) is 0.458. The molecule has 0 amide bonds. The van der Waals surface area contributed by atoms with Crippen molar-refractivity contribution in [2.24, 2.45) is 5.10 Å². The molecular weight excluding hydrogens is 378 g/mol. The number of carbonyl (C=O) groups excluding carboxylic acids is 1. The molecule has 9 heteroatoms. The first-order valence-electron chi connectivity index (χ1n) is 8.81. The van der Waals surface area contributed by atoms with Crippen molar-refractivity contribution in [3.63, 3.8) is 0 Å². The third-order valence-corrected chi connectivity index (χ3v) is 4.43. The average molecular weight is 399 g/mol. The largest absolute Gasteiger partial charge is 0.491 e. The number of hydrogen-bond acceptors (Lipinski definition) is 8. The van der Waals surface area contributed by atoms with Crippen molar-refractivity contribution < 1.29 is 14.3 Å². The zero-order chi connectivity index (χ0) is 19.6. The second-order valence-electron chi connectivity index (χ2n) is 5.68. The van der Waals surface area contributed by atoms with E-state index in [0.717, 1.165) is 11.3 Å². The molecule has 2 heterocycles. The normalized spacial score (nSPS) is 10.9. The molecule has 3 rings (SSSR count). The van der Waals surface area contributed by atoms with Gasteiger partial charge >= 0.3 is 5.97 Å². The molecule has 0 saturated heterocycles. The summed E-state index contributed by atoms with van der Waals surface area (Å²) in [5.41, 5.74) is 4.39. The van der Waals surface area contributed by atoms with Gasteiger partial charge in [-0.05, 0) is 19.1 Å². The number of thiazole rings is 1. The van der Waals surface area contributed by atoms with Gasteiger partial charge in [0, 0.05) is 23.3 Å². The highest BCUT2D eigenvalue weighted by atomic mass is 32.1. The molecule has 0 unspecified atom stereocenters. The van der Waals surface area contributed by atoms with Gasteiger partial charge in [0.15, 0.2) is 0 Å². The molecule has 2 aromatic heterocycles. The highest BCUT2D eigenvalue weighted by Gasteiger charge is 2.08. The quantitative estimate of drug-likeness (QED) is 0.320. The summed E-state index contributed by atoms with van der Waals surface area (Å²) in [6.07, 6.45) is 7.22. The van der Waals surface area contributed by atoms with Crippen molar-refractivity contribution in [1.29, 1.82) is 0 Å². The molecule has 0 radical (unpaired) electrons. The molecule has 28 heavy (non-hydrogen) atoms. The fourth-order valence-electron chi connectivity index (χ4n) is 2.36. The molecule has 0 bridgehead atoms. The Bertz CT molecular complexity index is 908. The lowest BCUT2D eigenvalue weighted by Crippen LogP contribution is -2.08. The standard InChI is InChI=1S/C19H21N5O3S/c1-2-26-18(25)11-16-13-28-19(22-16)23-21-12-15-5-3-4-6-17(15)27-10-9-24-8-7-20-14-24/h3-8,12-14H,2,9-11H2,1H3,(H,22,23). The molecule has 0 aliphatic rings. The number of hydrazone groups is 1. The van der Waals surface area contributed by atoms with Crippen molar-refractivity contribution in [2.45, 2.75) is 19.9 Å². The van der Waals surface area contributed by atoms with Gasteiger partial charge in [-0.3, -0.25) is 10.2 Å². The molecule has 0 atom stereocenters. The number of benzene rings is 1. The van der Waals surface area contributed by atoms with Gasteiger partial charge in [0.2, 0.25) is 5.13 Å². The Morgan fingerprint density at radius 1 is 1.39 bits per heavy atom. The number of nitrogens with zero attached hydrogens (tertiary/aromatic N) is 4. The van der Waals surface area contributed by atoms with E-state index in [9.17, 15) is 4.79 Å². The zero-order valence-electron chi connectivity index (χ0n) is 15.4. The Morgan fingerprint density at radius 3 is 3.11 bits per heavy atom. The van der Waals surface area contributed by atoms with E-state index in [1.807, 2.05) is 40.4 Å². The average Bonchev–Trinajstić information content (AvgIpc) is 3.35. The number of esters is 1. The van der Waals surface area contributed by atoms with Crippen molar-refractivity contribution in [2.75, 3.05) is 18.6 Å². The summed E-state index contributed by atoms with van der Waals surface area (Å²) in [7, 11) is 0. The molecule has 0 fully saturated rings. The van der Waals surface area contributed by atoms with Gasteiger partial charge in [-0.15, -0.1) is 11.3 Å². The van der Waals surface area contributed by atoms with E-state index >= 15 is 0 Å². The summed E-state index contributed by atoms with van der Waals surface area (Å²) in [5, 5.41) is 6.63. The van der Waals surface area contributed by atoms with Crippen molar-refractivity contribution in [1.82, 2.24) is 14.5 Å². The van der Waals surface area contributed by atoms with Crippen LogP contribution in [0, 0.1) is 0 Å². The van der Waals surface area contributed by atoms with Crippen LogP contribution in [0.2, 0.25) is 0 Å². The Labute approximate surface area is 166 Å². The van der Waals surface area contributed by atoms with Crippen molar-refractivity contribution in [3.8, 4) is 5.75 Å². The maximum atomic E-state index is 11.5. The number of nitrogens with one attached hydrogen (secondary N) is 1. The van der Waals surface area contributed by atoms with E-state index in [-0.39, 0.29) is 12.4 Å². The van der Waals surface area contributed by atoms with Crippen LogP contribution in [-0.2, 0) is 22.5 Å². The van der Waals surface area contributed by atoms with Crippen LogP contribution in [0.3, 0.4) is 0 Å². The highest BCUT2D eigenvalue weighted by molar-refractivity contribution is 7.13. The number of hydrogen-bond donors (Lipinski definition) is 1. The number of imidazole rings is 1. The lowest BCUT2D eigenvalue weighted by Gasteiger charge is -2.09. The van der Waals surface area contributed by atoms with Gasteiger partial charge in [-0.2, -0.15) is 5.10 Å². The first-order valence-corrected chi connectivity index (χ1v) is 9.69. The Kier molecular flexibility index (Phi) is 7.14. The third-order valence-electron chi connectivity index (χ3n) is 3.63. The van der Waals surface area contributed by atoms with Gasteiger partial charge in [0.05, 0.1) is 37.8 Å². The monoisotopic (exact) mass is 399 g/mol. The van der Waals surface area contributed by atoms with Crippen LogP contribution in [0.1, 0.15) is 18.2 Å². The molecule has 8 nitrogen and oxygen atoms in total. The van der Waals surface area contributed by atoms with E-state index < -0.39 is 0 Å². The number of rotatable bonds is 10. The fourth-order valence-corrected chi connectivity index (χ4v) is 3.01. The molecule has 3 aromatic rings. The van der Waals surface area contributed by atoms with Crippen molar-refractivity contribution >= 4 is 28.7 Å². The van der Waals surface area contributed by atoms with Gasteiger partial charge in [0.1, 0.15) is 12.4 Å². The van der Waals surface area contributed by atoms with Crippen LogP contribution in [-0.4, -0.2) is 39.9 Å². The van der Waals surface area contributed by atoms with Gasteiger partial charge in [0.25, 0.3) is 0 Å². The first kappa shape index (κ1) is 19.6. The van der Waals surface area contributed by atoms with Gasteiger partial charge < -0.3 is 14.0 Å². The van der Waals surface area contributed by atoms with Crippen LogP contribution < -0.4 is 10.2 Å². The molecule has 0 saturated carbocycles. The van der Waals surface area contributed by atoms with Crippen molar-refractivity contribution in [3.05, 3.63) is 59.6 Å². The lowest BCUT2D eigenvalue weighted by molar-refractivity contribution is -0.142. The minimum absolute atomic E-state index is 0.156. The maximum Gasteiger partial charge on any atom is 0.311 e. The van der Waals surface area contributed by atoms with E-state index in [0.29, 0.717) is 30.6 Å². The van der Waals surface area contributed by atoms with E-state index in [4.69, 9.17) is 9.47 Å². The topological polar surface area (TPSA) is 90.6 Å². The van der Waals surface area contributed by atoms with Crippen LogP contribution >= 0.6 is 11.3 Å². The number of anilines is 1. The number of carbonyl (C=O) groups is 1. The van der Waals surface area contributed by atoms with Gasteiger partial charge in [-0.25, -0.2) is 9.97 Å². The molecule has 0 aliphatic heterocycles. The molecule has 146 valence electrons. The molecular formula is C19H21N5O3S. The van der Waals surface area contributed by atoms with Crippen LogP contribution in [0.15, 0.2) is 53.5 Å². The van der Waals surface area contributed by atoms with Crippen LogP contribution in [0.25, 0.3) is 0 Å². The first-order chi connectivity index (χ1) is 13.7. The minimum Gasteiger partial charge on any atom is -0.491 e. The zero-order valence-corrected chi connectivity index (χ0v) is 16.3. The van der Waals surface area contributed by atoms with E-state index in [1.165, 1.54) is 11.3 Å². The molecule has 1 aromatic carbocycles. The lowest BCUT2D eigenvalue weighted by atomic mass is 10.2. The predicted molar refractivity (Wildman–Crippen MR) is 108 cm³/mol. The molecule has 1 N–H and O–H groups in total. The summed E-state index contributed by atoms with van der Waals surface area (Å²) in [6.45, 7) is 3.38. The smallest absolute Gasteiger partial charge is 0.311 e.